The van der Waals surface area contributed by atoms with Crippen LogP contribution < -0.4 is 9.47 Å². The maximum atomic E-state index is 9.18. The summed E-state index contributed by atoms with van der Waals surface area (Å²) in [6.45, 7) is 0.637. The van der Waals surface area contributed by atoms with Crippen LogP contribution in [0.1, 0.15) is 0 Å². The van der Waals surface area contributed by atoms with E-state index >= 15 is 0 Å². The number of ether oxygens (including phenoxy) is 2. The van der Waals surface area contributed by atoms with Gasteiger partial charge in [-0.25, -0.2) is 0 Å². The number of thioether (sulfide) groups is 1. The maximum absolute atomic E-state index is 9.18. The molecule has 0 fully saturated rings. The summed E-state index contributed by atoms with van der Waals surface area (Å²) in [4.78, 5) is 1.12. The molecule has 100 valence electrons. The van der Waals surface area contributed by atoms with Gasteiger partial charge in [-0.3, -0.25) is 0 Å². The van der Waals surface area contributed by atoms with E-state index in [2.05, 4.69) is 0 Å². The Kier molecular flexibility index (Phi) is 4.98. The van der Waals surface area contributed by atoms with Crippen LogP contribution in [0.3, 0.4) is 0 Å². The summed E-state index contributed by atoms with van der Waals surface area (Å²) in [7, 11) is 1.64. The molecule has 2 aromatic rings. The number of methoxy groups -OCH3 is 1. The van der Waals surface area contributed by atoms with E-state index in [4.69, 9.17) is 9.47 Å². The van der Waals surface area contributed by atoms with Gasteiger partial charge in [0.1, 0.15) is 17.2 Å². The minimum atomic E-state index is 0.291. The zero-order valence-electron chi connectivity index (χ0n) is 10.7. The van der Waals surface area contributed by atoms with E-state index < -0.39 is 0 Å². The molecule has 19 heavy (non-hydrogen) atoms. The molecular formula is C15H16O3S. The Hall–Kier alpha value is -1.81. The average molecular weight is 276 g/mol. The Balaban J connectivity index is 1.72. The number of phenolic OH excluding ortho intramolecular Hbond substituents is 1. The summed E-state index contributed by atoms with van der Waals surface area (Å²) in [6, 6.07) is 14.7. The minimum absolute atomic E-state index is 0.291. The van der Waals surface area contributed by atoms with E-state index in [0.717, 1.165) is 22.1 Å². The van der Waals surface area contributed by atoms with Crippen molar-refractivity contribution in [3.05, 3.63) is 48.5 Å². The smallest absolute Gasteiger partial charge is 0.119 e. The predicted octanol–water partition coefficient (Wildman–Crippen LogP) is 3.57. The van der Waals surface area contributed by atoms with Crippen LogP contribution in [0.2, 0.25) is 0 Å². The molecule has 0 amide bonds. The Labute approximate surface area is 117 Å². The van der Waals surface area contributed by atoms with Crippen LogP contribution in [0.15, 0.2) is 53.4 Å². The molecule has 4 heteroatoms. The lowest BCUT2D eigenvalue weighted by atomic mass is 10.3. The molecule has 3 nitrogen and oxygen atoms in total. The van der Waals surface area contributed by atoms with E-state index in [9.17, 15) is 5.11 Å². The third-order valence-electron chi connectivity index (χ3n) is 2.52. The lowest BCUT2D eigenvalue weighted by molar-refractivity contribution is 0.342. The van der Waals surface area contributed by atoms with Gasteiger partial charge in [-0.05, 0) is 48.5 Å². The van der Waals surface area contributed by atoms with Crippen LogP contribution in [0.4, 0.5) is 0 Å². The summed E-state index contributed by atoms with van der Waals surface area (Å²) in [6.07, 6.45) is 0. The first-order chi connectivity index (χ1) is 9.28. The molecule has 1 N–H and O–H groups in total. The van der Waals surface area contributed by atoms with E-state index in [1.165, 1.54) is 0 Å². The third kappa shape index (κ3) is 4.41. The fourth-order valence-corrected chi connectivity index (χ4v) is 2.26. The van der Waals surface area contributed by atoms with Crippen molar-refractivity contribution in [2.45, 2.75) is 4.90 Å². The molecule has 0 saturated carbocycles. The van der Waals surface area contributed by atoms with E-state index in [1.54, 1.807) is 31.0 Å². The second kappa shape index (κ2) is 6.95. The van der Waals surface area contributed by atoms with Crippen LogP contribution >= 0.6 is 11.8 Å². The molecule has 0 aliphatic rings. The van der Waals surface area contributed by atoms with Crippen molar-refractivity contribution >= 4 is 11.8 Å². The van der Waals surface area contributed by atoms with E-state index in [-0.39, 0.29) is 0 Å². The molecule has 0 saturated heterocycles. The molecule has 0 aliphatic carbocycles. The van der Waals surface area contributed by atoms with Gasteiger partial charge in [-0.15, -0.1) is 11.8 Å². The zero-order valence-corrected chi connectivity index (χ0v) is 11.5. The first-order valence-corrected chi connectivity index (χ1v) is 6.95. The number of benzene rings is 2. The lowest BCUT2D eigenvalue weighted by Gasteiger charge is -2.07. The van der Waals surface area contributed by atoms with Crippen LogP contribution in [-0.4, -0.2) is 24.6 Å². The minimum Gasteiger partial charge on any atom is -0.508 e. The first-order valence-electron chi connectivity index (χ1n) is 5.96. The zero-order chi connectivity index (χ0) is 13.5. The number of phenols is 1. The van der Waals surface area contributed by atoms with Crippen molar-refractivity contribution in [3.63, 3.8) is 0 Å². The fourth-order valence-electron chi connectivity index (χ4n) is 1.53. The molecule has 0 spiro atoms. The molecule has 0 unspecified atom stereocenters. The standard InChI is InChI=1S/C15H16O3S/c1-17-13-4-6-14(7-5-13)18-10-11-19-15-8-2-12(16)3-9-15/h2-9,16H,10-11H2,1H3. The molecule has 2 rings (SSSR count). The van der Waals surface area contributed by atoms with E-state index in [0.29, 0.717) is 12.4 Å². The van der Waals surface area contributed by atoms with Crippen molar-refractivity contribution in [2.24, 2.45) is 0 Å². The quantitative estimate of drug-likeness (QED) is 0.646. The van der Waals surface area contributed by atoms with Crippen molar-refractivity contribution < 1.29 is 14.6 Å². The van der Waals surface area contributed by atoms with Gasteiger partial charge in [0.15, 0.2) is 0 Å². The van der Waals surface area contributed by atoms with Crippen molar-refractivity contribution in [2.75, 3.05) is 19.5 Å². The van der Waals surface area contributed by atoms with Gasteiger partial charge >= 0.3 is 0 Å². The molecule has 0 radical (unpaired) electrons. The summed E-state index contributed by atoms with van der Waals surface area (Å²) < 4.78 is 10.7. The highest BCUT2D eigenvalue weighted by molar-refractivity contribution is 7.99. The van der Waals surface area contributed by atoms with Crippen molar-refractivity contribution in [1.82, 2.24) is 0 Å². The molecule has 0 heterocycles. The summed E-state index contributed by atoms with van der Waals surface area (Å²) in [5.41, 5.74) is 0. The SMILES string of the molecule is COc1ccc(OCCSc2ccc(O)cc2)cc1. The van der Waals surface area contributed by atoms with Crippen LogP contribution in [-0.2, 0) is 0 Å². The van der Waals surface area contributed by atoms with Gasteiger partial charge in [-0.1, -0.05) is 0 Å². The number of hydrogen-bond acceptors (Lipinski definition) is 4. The highest BCUT2D eigenvalue weighted by Crippen LogP contribution is 2.21. The van der Waals surface area contributed by atoms with Gasteiger partial charge in [0, 0.05) is 10.6 Å². The topological polar surface area (TPSA) is 38.7 Å². The Bertz CT molecular complexity index is 494. The van der Waals surface area contributed by atoms with Crippen molar-refractivity contribution in [1.29, 1.82) is 0 Å². The highest BCUT2D eigenvalue weighted by Gasteiger charge is 1.97. The number of hydrogen-bond donors (Lipinski definition) is 1. The van der Waals surface area contributed by atoms with Gasteiger partial charge in [0.25, 0.3) is 0 Å². The Morgan fingerprint density at radius 2 is 1.58 bits per heavy atom. The molecule has 0 bridgehead atoms. The normalized spacial score (nSPS) is 10.2. The molecule has 2 aromatic carbocycles. The number of rotatable bonds is 6. The maximum Gasteiger partial charge on any atom is 0.119 e. The Morgan fingerprint density at radius 1 is 0.947 bits per heavy atom. The predicted molar refractivity (Wildman–Crippen MR) is 77.3 cm³/mol. The van der Waals surface area contributed by atoms with Crippen LogP contribution in [0.5, 0.6) is 17.2 Å². The third-order valence-corrected chi connectivity index (χ3v) is 3.49. The lowest BCUT2D eigenvalue weighted by Crippen LogP contribution is -1.99. The molecule has 0 aliphatic heterocycles. The van der Waals surface area contributed by atoms with Gasteiger partial charge in [-0.2, -0.15) is 0 Å². The fraction of sp³-hybridized carbons (Fsp3) is 0.200. The summed E-state index contributed by atoms with van der Waals surface area (Å²) in [5, 5.41) is 9.18. The molecule has 0 atom stereocenters. The Morgan fingerprint density at radius 3 is 2.21 bits per heavy atom. The van der Waals surface area contributed by atoms with Gasteiger partial charge < -0.3 is 14.6 Å². The second-order valence-corrected chi connectivity index (χ2v) is 5.03. The monoisotopic (exact) mass is 276 g/mol. The first kappa shape index (κ1) is 13.6. The van der Waals surface area contributed by atoms with Gasteiger partial charge in [0.05, 0.1) is 13.7 Å². The van der Waals surface area contributed by atoms with Crippen LogP contribution in [0.25, 0.3) is 0 Å². The summed E-state index contributed by atoms with van der Waals surface area (Å²) in [5.74, 6) is 2.81. The largest absolute Gasteiger partial charge is 0.508 e. The second-order valence-electron chi connectivity index (χ2n) is 3.87. The molecular weight excluding hydrogens is 260 g/mol. The average Bonchev–Trinajstić information content (AvgIpc) is 2.46. The van der Waals surface area contributed by atoms with Gasteiger partial charge in [0.2, 0.25) is 0 Å². The summed E-state index contributed by atoms with van der Waals surface area (Å²) >= 11 is 1.70. The molecule has 0 aromatic heterocycles. The van der Waals surface area contributed by atoms with E-state index in [1.807, 2.05) is 36.4 Å². The van der Waals surface area contributed by atoms with Crippen LogP contribution in [0, 0.1) is 0 Å². The number of aromatic hydroxyl groups is 1. The highest BCUT2D eigenvalue weighted by atomic mass is 32.2. The van der Waals surface area contributed by atoms with Crippen molar-refractivity contribution in [3.8, 4) is 17.2 Å².